The van der Waals surface area contributed by atoms with E-state index in [1.807, 2.05) is 24.3 Å². The summed E-state index contributed by atoms with van der Waals surface area (Å²) in [5, 5.41) is 13.7. The first kappa shape index (κ1) is 13.4. The van der Waals surface area contributed by atoms with Gasteiger partial charge in [0.05, 0.1) is 19.6 Å². The molecule has 0 saturated heterocycles. The molecular formula is C14H16N4O3. The van der Waals surface area contributed by atoms with E-state index in [4.69, 9.17) is 10.5 Å². The molecule has 0 fully saturated rings. The van der Waals surface area contributed by atoms with Gasteiger partial charge in [0.2, 0.25) is 5.95 Å². The van der Waals surface area contributed by atoms with Crippen molar-refractivity contribution in [2.45, 2.75) is 18.9 Å². The highest BCUT2D eigenvalue weighted by Crippen LogP contribution is 2.37. The van der Waals surface area contributed by atoms with Gasteiger partial charge >= 0.3 is 5.97 Å². The van der Waals surface area contributed by atoms with Crippen LogP contribution in [0.25, 0.3) is 0 Å². The molecule has 2 atom stereocenters. The number of ether oxygens (including phenoxy) is 1. The molecule has 2 heterocycles. The SMILES string of the molecule is COc1ccccc1C1Cn2nc(N)nc2CC1C(=O)O. The van der Waals surface area contributed by atoms with Gasteiger partial charge in [-0.3, -0.25) is 4.79 Å². The third-order valence-corrected chi connectivity index (χ3v) is 3.88. The fraction of sp³-hybridized carbons (Fsp3) is 0.357. The number of carboxylic acids is 1. The van der Waals surface area contributed by atoms with Crippen LogP contribution in [-0.2, 0) is 17.8 Å². The standard InChI is InChI=1S/C14H16N4O3/c1-21-11-5-3-2-4-8(11)10-7-18-12(16-14(15)17-18)6-9(10)13(19)20/h2-5,9-10H,6-7H2,1H3,(H2,15,17)(H,19,20). The van der Waals surface area contributed by atoms with Gasteiger partial charge < -0.3 is 15.6 Å². The zero-order chi connectivity index (χ0) is 15.0. The maximum atomic E-state index is 11.6. The summed E-state index contributed by atoms with van der Waals surface area (Å²) in [5.41, 5.74) is 6.47. The second-order valence-electron chi connectivity index (χ2n) is 5.07. The maximum Gasteiger partial charge on any atom is 0.307 e. The van der Waals surface area contributed by atoms with Crippen molar-refractivity contribution >= 4 is 11.9 Å². The Bertz CT molecular complexity index is 683. The Kier molecular flexibility index (Phi) is 3.25. The van der Waals surface area contributed by atoms with Gasteiger partial charge in [-0.05, 0) is 11.6 Å². The maximum absolute atomic E-state index is 11.6. The van der Waals surface area contributed by atoms with Gasteiger partial charge in [-0.1, -0.05) is 18.2 Å². The van der Waals surface area contributed by atoms with Crippen molar-refractivity contribution in [1.29, 1.82) is 0 Å². The van der Waals surface area contributed by atoms with Crippen LogP contribution in [0.1, 0.15) is 17.3 Å². The Balaban J connectivity index is 2.05. The van der Waals surface area contributed by atoms with Crippen molar-refractivity contribution < 1.29 is 14.6 Å². The quantitative estimate of drug-likeness (QED) is 0.870. The Labute approximate surface area is 121 Å². The van der Waals surface area contributed by atoms with Gasteiger partial charge in [-0.25, -0.2) is 4.68 Å². The monoisotopic (exact) mass is 288 g/mol. The summed E-state index contributed by atoms with van der Waals surface area (Å²) in [6.07, 6.45) is 0.308. The number of fused-ring (bicyclic) bond motifs is 1. The van der Waals surface area contributed by atoms with Crippen LogP contribution in [0.5, 0.6) is 5.75 Å². The third kappa shape index (κ3) is 2.31. The molecule has 0 spiro atoms. The second kappa shape index (κ2) is 5.08. The number of aliphatic carboxylic acids is 1. The van der Waals surface area contributed by atoms with Crippen LogP contribution < -0.4 is 10.5 Å². The molecule has 7 nitrogen and oxygen atoms in total. The lowest BCUT2D eigenvalue weighted by molar-refractivity contribution is -0.143. The summed E-state index contributed by atoms with van der Waals surface area (Å²) in [5.74, 6) is -0.172. The fourth-order valence-corrected chi connectivity index (χ4v) is 2.89. The first-order valence-electron chi connectivity index (χ1n) is 6.65. The summed E-state index contributed by atoms with van der Waals surface area (Å²) in [6.45, 7) is 0.427. The normalized spacial score (nSPS) is 20.8. The molecule has 7 heteroatoms. The number of hydrogen-bond acceptors (Lipinski definition) is 5. The van der Waals surface area contributed by atoms with Crippen LogP contribution >= 0.6 is 0 Å². The third-order valence-electron chi connectivity index (χ3n) is 3.88. The van der Waals surface area contributed by atoms with E-state index in [-0.39, 0.29) is 11.9 Å². The first-order chi connectivity index (χ1) is 10.1. The van der Waals surface area contributed by atoms with Crippen molar-refractivity contribution in [3.63, 3.8) is 0 Å². The molecule has 0 bridgehead atoms. The number of para-hydroxylation sites is 1. The fourth-order valence-electron chi connectivity index (χ4n) is 2.89. The van der Waals surface area contributed by atoms with Gasteiger partial charge in [-0.2, -0.15) is 4.98 Å². The molecule has 1 aliphatic rings. The van der Waals surface area contributed by atoms with Crippen LogP contribution in [0.3, 0.4) is 0 Å². The number of nitrogens with two attached hydrogens (primary N) is 1. The molecule has 0 saturated carbocycles. The van der Waals surface area contributed by atoms with Gasteiger partial charge in [0.25, 0.3) is 0 Å². The van der Waals surface area contributed by atoms with E-state index in [2.05, 4.69) is 10.1 Å². The minimum atomic E-state index is -0.848. The number of carboxylic acid groups (broad SMARTS) is 1. The summed E-state index contributed by atoms with van der Waals surface area (Å²) in [4.78, 5) is 15.7. The molecule has 1 aliphatic heterocycles. The largest absolute Gasteiger partial charge is 0.496 e. The lowest BCUT2D eigenvalue weighted by Crippen LogP contribution is -2.34. The smallest absolute Gasteiger partial charge is 0.307 e. The predicted octanol–water partition coefficient (Wildman–Crippen LogP) is 0.910. The number of methoxy groups -OCH3 is 1. The minimum Gasteiger partial charge on any atom is -0.496 e. The Morgan fingerprint density at radius 2 is 2.24 bits per heavy atom. The molecule has 3 N–H and O–H groups in total. The van der Waals surface area contributed by atoms with Crippen LogP contribution in [0.4, 0.5) is 5.95 Å². The van der Waals surface area contributed by atoms with E-state index in [1.54, 1.807) is 11.8 Å². The lowest BCUT2D eigenvalue weighted by Gasteiger charge is -2.29. The Morgan fingerprint density at radius 3 is 2.95 bits per heavy atom. The van der Waals surface area contributed by atoms with Crippen molar-refractivity contribution in [3.05, 3.63) is 35.7 Å². The van der Waals surface area contributed by atoms with E-state index in [1.165, 1.54) is 0 Å². The molecule has 0 amide bonds. The van der Waals surface area contributed by atoms with Gasteiger partial charge in [0.1, 0.15) is 11.6 Å². The number of aromatic nitrogens is 3. The van der Waals surface area contributed by atoms with E-state index < -0.39 is 11.9 Å². The highest BCUT2D eigenvalue weighted by Gasteiger charge is 2.37. The summed E-state index contributed by atoms with van der Waals surface area (Å²) < 4.78 is 7.04. The topological polar surface area (TPSA) is 103 Å². The lowest BCUT2D eigenvalue weighted by atomic mass is 9.81. The van der Waals surface area contributed by atoms with Crippen LogP contribution in [0.15, 0.2) is 24.3 Å². The number of benzene rings is 1. The molecule has 21 heavy (non-hydrogen) atoms. The zero-order valence-corrected chi connectivity index (χ0v) is 11.6. The number of nitrogen functional groups attached to an aromatic ring is 1. The number of nitrogens with zero attached hydrogens (tertiary/aromatic N) is 3. The van der Waals surface area contributed by atoms with Crippen LogP contribution in [-0.4, -0.2) is 33.0 Å². The molecule has 2 aromatic rings. The average molecular weight is 288 g/mol. The van der Waals surface area contributed by atoms with E-state index in [9.17, 15) is 9.90 Å². The highest BCUT2D eigenvalue weighted by molar-refractivity contribution is 5.72. The summed E-state index contributed by atoms with van der Waals surface area (Å²) in [6, 6.07) is 7.46. The molecule has 1 aromatic heterocycles. The molecule has 110 valence electrons. The van der Waals surface area contributed by atoms with Crippen molar-refractivity contribution in [1.82, 2.24) is 14.8 Å². The number of hydrogen-bond donors (Lipinski definition) is 2. The molecule has 1 aromatic carbocycles. The van der Waals surface area contributed by atoms with E-state index in [0.29, 0.717) is 24.5 Å². The van der Waals surface area contributed by atoms with Crippen LogP contribution in [0, 0.1) is 5.92 Å². The van der Waals surface area contributed by atoms with Gasteiger partial charge in [-0.15, -0.1) is 5.10 Å². The predicted molar refractivity (Wildman–Crippen MR) is 75.0 cm³/mol. The summed E-state index contributed by atoms with van der Waals surface area (Å²) in [7, 11) is 1.58. The van der Waals surface area contributed by atoms with Crippen LogP contribution in [0.2, 0.25) is 0 Å². The second-order valence-corrected chi connectivity index (χ2v) is 5.07. The Morgan fingerprint density at radius 1 is 1.48 bits per heavy atom. The first-order valence-corrected chi connectivity index (χ1v) is 6.65. The zero-order valence-electron chi connectivity index (χ0n) is 11.6. The molecule has 2 unspecified atom stereocenters. The molecule has 0 radical (unpaired) electrons. The number of carbonyl (C=O) groups is 1. The number of anilines is 1. The summed E-state index contributed by atoms with van der Waals surface area (Å²) >= 11 is 0. The molecule has 0 aliphatic carbocycles. The average Bonchev–Trinajstić information content (AvgIpc) is 2.84. The minimum absolute atomic E-state index is 0.176. The van der Waals surface area contributed by atoms with Crippen molar-refractivity contribution in [3.8, 4) is 5.75 Å². The number of rotatable bonds is 3. The van der Waals surface area contributed by atoms with Gasteiger partial charge in [0, 0.05) is 12.3 Å². The van der Waals surface area contributed by atoms with Crippen molar-refractivity contribution in [2.75, 3.05) is 12.8 Å². The highest BCUT2D eigenvalue weighted by atomic mass is 16.5. The molecular weight excluding hydrogens is 272 g/mol. The van der Waals surface area contributed by atoms with E-state index in [0.717, 1.165) is 5.56 Å². The van der Waals surface area contributed by atoms with E-state index >= 15 is 0 Å². The Hall–Kier alpha value is -2.57. The van der Waals surface area contributed by atoms with Crippen molar-refractivity contribution in [2.24, 2.45) is 5.92 Å². The molecule has 3 rings (SSSR count). The van der Waals surface area contributed by atoms with Gasteiger partial charge in [0.15, 0.2) is 0 Å².